The van der Waals surface area contributed by atoms with Gasteiger partial charge >= 0.3 is 5.63 Å². The van der Waals surface area contributed by atoms with Gasteiger partial charge in [-0.15, -0.1) is 0 Å². The van der Waals surface area contributed by atoms with Gasteiger partial charge in [0.15, 0.2) is 5.58 Å². The molecule has 1 atom stereocenters. The summed E-state index contributed by atoms with van der Waals surface area (Å²) in [5.74, 6) is 1.65. The lowest BCUT2D eigenvalue weighted by Crippen LogP contribution is -3.10. The van der Waals surface area contributed by atoms with Crippen molar-refractivity contribution < 1.29 is 18.8 Å². The van der Waals surface area contributed by atoms with Gasteiger partial charge in [-0.2, -0.15) is 0 Å². The standard InChI is InChI=1S/C20H19NO4/c1-13-8-19(22)25-20-16(13)6-7-18-17(20)11-21(12-24-18)10-14-4-3-5-15(9-14)23-2/h3-9H,10-12H2,1-2H3/p+1. The highest BCUT2D eigenvalue weighted by Gasteiger charge is 2.24. The molecule has 0 bridgehead atoms. The van der Waals surface area contributed by atoms with Crippen molar-refractivity contribution in [2.75, 3.05) is 13.8 Å². The third-order valence-electron chi connectivity index (χ3n) is 4.63. The number of ether oxygens (including phenoxy) is 2. The van der Waals surface area contributed by atoms with Crippen molar-refractivity contribution in [3.8, 4) is 11.5 Å². The zero-order chi connectivity index (χ0) is 17.4. The Kier molecular flexibility index (Phi) is 3.93. The van der Waals surface area contributed by atoms with E-state index in [1.54, 1.807) is 7.11 Å². The predicted molar refractivity (Wildman–Crippen MR) is 94.1 cm³/mol. The molecule has 0 fully saturated rings. The molecule has 1 aliphatic heterocycles. The maximum absolute atomic E-state index is 11.8. The van der Waals surface area contributed by atoms with Crippen LogP contribution in [0.1, 0.15) is 16.7 Å². The van der Waals surface area contributed by atoms with Crippen LogP contribution in [0, 0.1) is 6.92 Å². The Morgan fingerprint density at radius 2 is 2.08 bits per heavy atom. The van der Waals surface area contributed by atoms with E-state index in [0.717, 1.165) is 41.1 Å². The molecule has 3 aromatic rings. The van der Waals surface area contributed by atoms with E-state index in [2.05, 4.69) is 6.07 Å². The average molecular weight is 338 g/mol. The van der Waals surface area contributed by atoms with Gasteiger partial charge in [0.25, 0.3) is 0 Å². The molecule has 0 amide bonds. The molecule has 0 aliphatic carbocycles. The van der Waals surface area contributed by atoms with Gasteiger partial charge in [0.05, 0.1) is 12.7 Å². The molecule has 0 radical (unpaired) electrons. The molecule has 5 heteroatoms. The SMILES string of the molecule is COc1cccc(C[NH+]2COc3ccc4c(C)cc(=O)oc4c3C2)c1. The number of benzene rings is 2. The second kappa shape index (κ2) is 6.26. The predicted octanol–water partition coefficient (Wildman–Crippen LogP) is 2.05. The van der Waals surface area contributed by atoms with Crippen molar-refractivity contribution in [1.82, 2.24) is 0 Å². The highest BCUT2D eigenvalue weighted by atomic mass is 16.5. The largest absolute Gasteiger partial charge is 0.497 e. The van der Waals surface area contributed by atoms with Gasteiger partial charge in [0.1, 0.15) is 24.6 Å². The van der Waals surface area contributed by atoms with Crippen molar-refractivity contribution in [1.29, 1.82) is 0 Å². The highest BCUT2D eigenvalue weighted by molar-refractivity contribution is 5.84. The number of fused-ring (bicyclic) bond motifs is 3. The summed E-state index contributed by atoms with van der Waals surface area (Å²) in [6.45, 7) is 4.06. The normalized spacial score (nSPS) is 16.3. The fourth-order valence-electron chi connectivity index (χ4n) is 3.39. The zero-order valence-corrected chi connectivity index (χ0v) is 14.3. The van der Waals surface area contributed by atoms with E-state index in [1.165, 1.54) is 16.5 Å². The van der Waals surface area contributed by atoms with Crippen LogP contribution in [0.3, 0.4) is 0 Å². The Morgan fingerprint density at radius 1 is 1.20 bits per heavy atom. The van der Waals surface area contributed by atoms with E-state index in [0.29, 0.717) is 12.3 Å². The summed E-state index contributed by atoms with van der Waals surface area (Å²) in [6, 6.07) is 13.5. The van der Waals surface area contributed by atoms with Crippen LogP contribution in [0.4, 0.5) is 0 Å². The molecule has 2 aromatic carbocycles. The lowest BCUT2D eigenvalue weighted by Gasteiger charge is -2.26. The van der Waals surface area contributed by atoms with Crippen molar-refractivity contribution in [3.05, 3.63) is 69.6 Å². The van der Waals surface area contributed by atoms with Crippen LogP contribution in [-0.4, -0.2) is 13.8 Å². The molecule has 1 aromatic heterocycles. The Morgan fingerprint density at radius 3 is 2.92 bits per heavy atom. The lowest BCUT2D eigenvalue weighted by atomic mass is 10.0. The summed E-state index contributed by atoms with van der Waals surface area (Å²) in [5, 5.41) is 0.963. The molecule has 4 rings (SSSR count). The number of hydrogen-bond donors (Lipinski definition) is 1. The number of methoxy groups -OCH3 is 1. The quantitative estimate of drug-likeness (QED) is 0.743. The van der Waals surface area contributed by atoms with Gasteiger partial charge in [0.2, 0.25) is 6.73 Å². The first-order valence-electron chi connectivity index (χ1n) is 8.29. The Labute approximate surface area is 145 Å². The van der Waals surface area contributed by atoms with Crippen molar-refractivity contribution in [2.24, 2.45) is 0 Å². The average Bonchev–Trinajstić information content (AvgIpc) is 2.61. The molecule has 5 nitrogen and oxygen atoms in total. The van der Waals surface area contributed by atoms with E-state index in [4.69, 9.17) is 13.9 Å². The molecule has 1 N–H and O–H groups in total. The van der Waals surface area contributed by atoms with Crippen molar-refractivity contribution >= 4 is 11.0 Å². The fourth-order valence-corrected chi connectivity index (χ4v) is 3.39. The minimum absolute atomic E-state index is 0.321. The van der Waals surface area contributed by atoms with Gasteiger partial charge < -0.3 is 13.9 Å². The van der Waals surface area contributed by atoms with Crippen molar-refractivity contribution in [3.63, 3.8) is 0 Å². The van der Waals surface area contributed by atoms with Crippen LogP contribution in [0.25, 0.3) is 11.0 Å². The van der Waals surface area contributed by atoms with E-state index in [9.17, 15) is 4.79 Å². The van der Waals surface area contributed by atoms with Crippen LogP contribution in [0.5, 0.6) is 11.5 Å². The molecule has 0 saturated heterocycles. The fraction of sp³-hybridized carbons (Fsp3) is 0.250. The summed E-state index contributed by atoms with van der Waals surface area (Å²) in [4.78, 5) is 13.1. The van der Waals surface area contributed by atoms with Gasteiger partial charge in [-0.25, -0.2) is 4.79 Å². The molecule has 25 heavy (non-hydrogen) atoms. The second-order valence-electron chi connectivity index (χ2n) is 6.41. The molecular formula is C20H20NO4+. The smallest absolute Gasteiger partial charge is 0.336 e. The summed E-state index contributed by atoms with van der Waals surface area (Å²) in [7, 11) is 1.67. The lowest BCUT2D eigenvalue weighted by molar-refractivity contribution is -0.945. The number of hydrogen-bond acceptors (Lipinski definition) is 4. The van der Waals surface area contributed by atoms with Crippen LogP contribution in [-0.2, 0) is 13.1 Å². The molecule has 0 spiro atoms. The van der Waals surface area contributed by atoms with Gasteiger partial charge in [-0.3, -0.25) is 4.90 Å². The maximum Gasteiger partial charge on any atom is 0.336 e. The van der Waals surface area contributed by atoms with Crippen LogP contribution < -0.4 is 20.0 Å². The molecule has 1 aliphatic rings. The van der Waals surface area contributed by atoms with Gasteiger partial charge in [0, 0.05) is 17.0 Å². The summed E-state index contributed by atoms with van der Waals surface area (Å²) >= 11 is 0. The molecule has 128 valence electrons. The maximum atomic E-state index is 11.8. The second-order valence-corrected chi connectivity index (χ2v) is 6.41. The number of nitrogens with one attached hydrogen (secondary N) is 1. The van der Waals surface area contributed by atoms with Crippen LogP contribution in [0.2, 0.25) is 0 Å². The Hall–Kier alpha value is -2.79. The Balaban J connectivity index is 1.68. The van der Waals surface area contributed by atoms with Gasteiger partial charge in [-0.05, 0) is 36.8 Å². The third kappa shape index (κ3) is 2.98. The molecular weight excluding hydrogens is 318 g/mol. The van der Waals surface area contributed by atoms with Crippen LogP contribution >= 0.6 is 0 Å². The highest BCUT2D eigenvalue weighted by Crippen LogP contribution is 2.29. The van der Waals surface area contributed by atoms with E-state index in [-0.39, 0.29) is 5.63 Å². The van der Waals surface area contributed by atoms with E-state index in [1.807, 2.05) is 37.3 Å². The Bertz CT molecular complexity index is 993. The summed E-state index contributed by atoms with van der Waals surface area (Å²) in [5.41, 5.74) is 3.39. The first-order valence-corrected chi connectivity index (χ1v) is 8.29. The van der Waals surface area contributed by atoms with Crippen molar-refractivity contribution in [2.45, 2.75) is 20.0 Å². The first kappa shape index (κ1) is 15.7. The molecule has 2 heterocycles. The number of aryl methyl sites for hydroxylation is 1. The molecule has 1 unspecified atom stereocenters. The zero-order valence-electron chi connectivity index (χ0n) is 14.3. The minimum Gasteiger partial charge on any atom is -0.497 e. The summed E-state index contributed by atoms with van der Waals surface area (Å²) < 4.78 is 16.7. The number of rotatable bonds is 3. The topological polar surface area (TPSA) is 53.1 Å². The minimum atomic E-state index is -0.321. The third-order valence-corrected chi connectivity index (χ3v) is 4.63. The van der Waals surface area contributed by atoms with E-state index >= 15 is 0 Å². The monoisotopic (exact) mass is 338 g/mol. The van der Waals surface area contributed by atoms with Crippen LogP contribution in [0.15, 0.2) is 51.7 Å². The number of quaternary nitrogens is 1. The molecule has 0 saturated carbocycles. The first-order chi connectivity index (χ1) is 12.1. The van der Waals surface area contributed by atoms with E-state index < -0.39 is 0 Å². The summed E-state index contributed by atoms with van der Waals surface area (Å²) in [6.07, 6.45) is 0. The van der Waals surface area contributed by atoms with Gasteiger partial charge in [-0.1, -0.05) is 12.1 Å².